The van der Waals surface area contributed by atoms with E-state index in [2.05, 4.69) is 18.8 Å². The van der Waals surface area contributed by atoms with Crippen LogP contribution in [-0.2, 0) is 11.3 Å². The molecule has 1 heterocycles. The molecule has 0 amide bonds. The minimum atomic E-state index is 0.305. The summed E-state index contributed by atoms with van der Waals surface area (Å²) >= 11 is 0. The second-order valence-electron chi connectivity index (χ2n) is 4.21. The van der Waals surface area contributed by atoms with Crippen LogP contribution in [0.1, 0.15) is 12.5 Å². The van der Waals surface area contributed by atoms with Gasteiger partial charge in [-0.1, -0.05) is 19.6 Å². The summed E-state index contributed by atoms with van der Waals surface area (Å²) in [6, 6.07) is 5.85. The molecule has 0 bridgehead atoms. The molecule has 18 heavy (non-hydrogen) atoms. The Hall–Kier alpha value is -1.52. The Balaban J connectivity index is 1.75. The molecule has 1 aliphatic rings. The zero-order valence-corrected chi connectivity index (χ0v) is 10.7. The molecule has 4 heteroatoms. The van der Waals surface area contributed by atoms with E-state index in [0.717, 1.165) is 35.7 Å². The van der Waals surface area contributed by atoms with Gasteiger partial charge < -0.3 is 19.5 Å². The third-order valence-electron chi connectivity index (χ3n) is 2.64. The SMILES string of the molecule is C=C(CNCC)COCc1ccc2c(c1)OCO2. The van der Waals surface area contributed by atoms with Crippen LogP contribution < -0.4 is 14.8 Å². The van der Waals surface area contributed by atoms with E-state index in [-0.39, 0.29) is 0 Å². The standard InChI is InChI=1S/C14H19NO3/c1-3-15-7-11(2)8-16-9-12-4-5-13-14(6-12)18-10-17-13/h4-6,15H,2-3,7-10H2,1H3. The maximum atomic E-state index is 5.60. The maximum absolute atomic E-state index is 5.60. The zero-order chi connectivity index (χ0) is 12.8. The smallest absolute Gasteiger partial charge is 0.231 e. The van der Waals surface area contributed by atoms with Gasteiger partial charge in [0, 0.05) is 6.54 Å². The van der Waals surface area contributed by atoms with Crippen LogP contribution in [0.2, 0.25) is 0 Å². The first-order valence-corrected chi connectivity index (χ1v) is 6.13. The summed E-state index contributed by atoms with van der Waals surface area (Å²) in [7, 11) is 0. The topological polar surface area (TPSA) is 39.7 Å². The van der Waals surface area contributed by atoms with Gasteiger partial charge in [0.05, 0.1) is 13.2 Å². The quantitative estimate of drug-likeness (QED) is 0.751. The van der Waals surface area contributed by atoms with Crippen LogP contribution in [0.3, 0.4) is 0 Å². The summed E-state index contributed by atoms with van der Waals surface area (Å²) in [5.74, 6) is 1.60. The Labute approximate surface area is 108 Å². The average Bonchev–Trinajstić information content (AvgIpc) is 2.83. The lowest BCUT2D eigenvalue weighted by molar-refractivity contribution is 0.141. The molecular formula is C14H19NO3. The minimum Gasteiger partial charge on any atom is -0.454 e. The molecule has 0 saturated carbocycles. The third kappa shape index (κ3) is 3.48. The van der Waals surface area contributed by atoms with Gasteiger partial charge in [-0.15, -0.1) is 0 Å². The average molecular weight is 249 g/mol. The molecule has 0 fully saturated rings. The number of hydrogen-bond donors (Lipinski definition) is 1. The fraction of sp³-hybridized carbons (Fsp3) is 0.429. The highest BCUT2D eigenvalue weighted by Crippen LogP contribution is 2.32. The largest absolute Gasteiger partial charge is 0.454 e. The number of hydrogen-bond acceptors (Lipinski definition) is 4. The van der Waals surface area contributed by atoms with Crippen molar-refractivity contribution in [2.75, 3.05) is 26.5 Å². The summed E-state index contributed by atoms with van der Waals surface area (Å²) < 4.78 is 16.2. The number of likely N-dealkylation sites (N-methyl/N-ethyl adjacent to an activating group) is 1. The van der Waals surface area contributed by atoms with E-state index in [1.807, 2.05) is 18.2 Å². The lowest BCUT2D eigenvalue weighted by Crippen LogP contribution is -2.17. The zero-order valence-electron chi connectivity index (χ0n) is 10.7. The van der Waals surface area contributed by atoms with Gasteiger partial charge in [-0.05, 0) is 29.8 Å². The summed E-state index contributed by atoms with van der Waals surface area (Å²) in [5, 5.41) is 3.21. The van der Waals surface area contributed by atoms with Crippen molar-refractivity contribution >= 4 is 0 Å². The molecule has 0 aromatic heterocycles. The highest BCUT2D eigenvalue weighted by Gasteiger charge is 2.12. The van der Waals surface area contributed by atoms with Crippen LogP contribution in [0.15, 0.2) is 30.4 Å². The molecular weight excluding hydrogens is 230 g/mol. The highest BCUT2D eigenvalue weighted by atomic mass is 16.7. The molecule has 2 rings (SSSR count). The van der Waals surface area contributed by atoms with Gasteiger partial charge in [0.15, 0.2) is 11.5 Å². The molecule has 0 radical (unpaired) electrons. The van der Waals surface area contributed by atoms with E-state index in [1.165, 1.54) is 0 Å². The van der Waals surface area contributed by atoms with E-state index in [9.17, 15) is 0 Å². The van der Waals surface area contributed by atoms with Gasteiger partial charge in [0.2, 0.25) is 6.79 Å². The second-order valence-corrected chi connectivity index (χ2v) is 4.21. The predicted molar refractivity (Wildman–Crippen MR) is 69.9 cm³/mol. The highest BCUT2D eigenvalue weighted by molar-refractivity contribution is 5.44. The van der Waals surface area contributed by atoms with Crippen LogP contribution in [0.4, 0.5) is 0 Å². The molecule has 0 unspecified atom stereocenters. The third-order valence-corrected chi connectivity index (χ3v) is 2.64. The second kappa shape index (κ2) is 6.42. The van der Waals surface area contributed by atoms with Crippen LogP contribution in [0.5, 0.6) is 11.5 Å². The number of ether oxygens (including phenoxy) is 3. The Morgan fingerprint density at radius 3 is 3.06 bits per heavy atom. The number of fused-ring (bicyclic) bond motifs is 1. The van der Waals surface area contributed by atoms with Crippen molar-refractivity contribution in [3.63, 3.8) is 0 Å². The summed E-state index contributed by atoms with van der Waals surface area (Å²) in [4.78, 5) is 0. The fourth-order valence-electron chi connectivity index (χ4n) is 1.70. The summed E-state index contributed by atoms with van der Waals surface area (Å²) in [6.07, 6.45) is 0. The van der Waals surface area contributed by atoms with Gasteiger partial charge in [0.25, 0.3) is 0 Å². The van der Waals surface area contributed by atoms with Gasteiger partial charge in [-0.25, -0.2) is 0 Å². The Morgan fingerprint density at radius 2 is 2.22 bits per heavy atom. The lowest BCUT2D eigenvalue weighted by Gasteiger charge is -2.08. The van der Waals surface area contributed by atoms with Crippen molar-refractivity contribution in [1.82, 2.24) is 5.32 Å². The van der Waals surface area contributed by atoms with Crippen LogP contribution in [0, 0.1) is 0 Å². The molecule has 98 valence electrons. The Morgan fingerprint density at radius 1 is 1.39 bits per heavy atom. The molecule has 0 atom stereocenters. The van der Waals surface area contributed by atoms with Gasteiger partial charge >= 0.3 is 0 Å². The minimum absolute atomic E-state index is 0.305. The van der Waals surface area contributed by atoms with Crippen molar-refractivity contribution < 1.29 is 14.2 Å². The van der Waals surface area contributed by atoms with Crippen molar-refractivity contribution in [1.29, 1.82) is 0 Å². The molecule has 1 aliphatic heterocycles. The van der Waals surface area contributed by atoms with Crippen molar-refractivity contribution in [2.24, 2.45) is 0 Å². The Kier molecular flexibility index (Phi) is 4.61. The van der Waals surface area contributed by atoms with Crippen LogP contribution >= 0.6 is 0 Å². The summed E-state index contributed by atoms with van der Waals surface area (Å²) in [6.45, 7) is 9.20. The normalized spacial score (nSPS) is 12.7. The number of rotatable bonds is 7. The molecule has 0 aliphatic carbocycles. The molecule has 4 nitrogen and oxygen atoms in total. The van der Waals surface area contributed by atoms with E-state index < -0.39 is 0 Å². The summed E-state index contributed by atoms with van der Waals surface area (Å²) in [5.41, 5.74) is 2.13. The van der Waals surface area contributed by atoms with E-state index >= 15 is 0 Å². The van der Waals surface area contributed by atoms with Gasteiger partial charge in [-0.3, -0.25) is 0 Å². The molecule has 1 aromatic carbocycles. The van der Waals surface area contributed by atoms with Crippen molar-refractivity contribution in [3.8, 4) is 11.5 Å². The number of nitrogens with one attached hydrogen (secondary N) is 1. The first-order valence-electron chi connectivity index (χ1n) is 6.13. The molecule has 0 spiro atoms. The Bertz CT molecular complexity index is 418. The predicted octanol–water partition coefficient (Wildman–Crippen LogP) is 2.10. The van der Waals surface area contributed by atoms with Crippen LogP contribution in [0.25, 0.3) is 0 Å². The van der Waals surface area contributed by atoms with Gasteiger partial charge in [-0.2, -0.15) is 0 Å². The molecule has 1 aromatic rings. The molecule has 0 saturated heterocycles. The maximum Gasteiger partial charge on any atom is 0.231 e. The molecule has 1 N–H and O–H groups in total. The number of benzene rings is 1. The fourth-order valence-corrected chi connectivity index (χ4v) is 1.70. The van der Waals surface area contributed by atoms with Crippen molar-refractivity contribution in [2.45, 2.75) is 13.5 Å². The first-order chi connectivity index (χ1) is 8.79. The monoisotopic (exact) mass is 249 g/mol. The van der Waals surface area contributed by atoms with E-state index in [1.54, 1.807) is 0 Å². The van der Waals surface area contributed by atoms with E-state index in [0.29, 0.717) is 20.0 Å². The van der Waals surface area contributed by atoms with Gasteiger partial charge in [0.1, 0.15) is 0 Å². The van der Waals surface area contributed by atoms with E-state index in [4.69, 9.17) is 14.2 Å². The van der Waals surface area contributed by atoms with Crippen LogP contribution in [-0.4, -0.2) is 26.5 Å². The first kappa shape index (κ1) is 12.9. The lowest BCUT2D eigenvalue weighted by atomic mass is 10.2. The van der Waals surface area contributed by atoms with Crippen molar-refractivity contribution in [3.05, 3.63) is 35.9 Å².